The molecule has 0 aliphatic carbocycles. The highest BCUT2D eigenvalue weighted by molar-refractivity contribution is 5.80. The Labute approximate surface area is 57.5 Å². The molecule has 1 atom stereocenters. The maximum absolute atomic E-state index is 10.9. The molecule has 0 saturated heterocycles. The molecule has 0 radical (unpaired) electrons. The molecule has 0 bridgehead atoms. The van der Waals surface area contributed by atoms with Gasteiger partial charge in [0.25, 0.3) is 0 Å². The molecular weight excluding hydrogens is 112 g/mol. The molecule has 0 rings (SSSR count). The van der Waals surface area contributed by atoms with Crippen LogP contribution in [0.5, 0.6) is 0 Å². The van der Waals surface area contributed by atoms with Crippen molar-refractivity contribution in [3.05, 3.63) is 0 Å². The second-order valence-corrected chi connectivity index (χ2v) is 2.51. The minimum atomic E-state index is 0.292. The van der Waals surface area contributed by atoms with Gasteiger partial charge in [-0.1, -0.05) is 27.2 Å². The van der Waals surface area contributed by atoms with Crippen molar-refractivity contribution in [3.8, 4) is 0 Å². The standard InChI is InChI=1S/C8H16O/c1-4-6-7(3)8(9)5-2/h7H,4-6H2,1-3H3/t7-/m1/s1. The van der Waals surface area contributed by atoms with Gasteiger partial charge in [-0.15, -0.1) is 0 Å². The number of carbonyl (C=O) groups is 1. The minimum absolute atomic E-state index is 0.292. The molecule has 0 aliphatic heterocycles. The molecule has 0 aromatic rings. The van der Waals surface area contributed by atoms with E-state index in [4.69, 9.17) is 0 Å². The molecule has 0 aromatic carbocycles. The molecule has 1 nitrogen and oxygen atoms in total. The second kappa shape index (κ2) is 4.54. The van der Waals surface area contributed by atoms with E-state index in [1.165, 1.54) is 0 Å². The van der Waals surface area contributed by atoms with Gasteiger partial charge in [0, 0.05) is 12.3 Å². The SMILES string of the molecule is CCC[C@@H](C)C(=O)CC. The molecule has 0 amide bonds. The lowest BCUT2D eigenvalue weighted by atomic mass is 10.00. The number of hydrogen-bond donors (Lipinski definition) is 0. The van der Waals surface area contributed by atoms with Crippen molar-refractivity contribution < 1.29 is 4.79 Å². The van der Waals surface area contributed by atoms with E-state index in [0.29, 0.717) is 18.1 Å². The highest BCUT2D eigenvalue weighted by atomic mass is 16.1. The zero-order valence-corrected chi connectivity index (χ0v) is 6.61. The second-order valence-electron chi connectivity index (χ2n) is 2.51. The summed E-state index contributed by atoms with van der Waals surface area (Å²) in [5.74, 6) is 0.692. The fraction of sp³-hybridized carbons (Fsp3) is 0.875. The summed E-state index contributed by atoms with van der Waals surface area (Å²) in [5.41, 5.74) is 0. The van der Waals surface area contributed by atoms with E-state index in [1.807, 2.05) is 13.8 Å². The monoisotopic (exact) mass is 128 g/mol. The maximum Gasteiger partial charge on any atom is 0.135 e. The molecule has 0 heterocycles. The van der Waals surface area contributed by atoms with Crippen LogP contribution < -0.4 is 0 Å². The van der Waals surface area contributed by atoms with E-state index in [9.17, 15) is 4.79 Å². The summed E-state index contributed by atoms with van der Waals surface area (Å²) >= 11 is 0. The third-order valence-corrected chi connectivity index (χ3v) is 1.62. The first kappa shape index (κ1) is 8.67. The molecule has 0 saturated carbocycles. The summed E-state index contributed by atoms with van der Waals surface area (Å²) in [7, 11) is 0. The van der Waals surface area contributed by atoms with Gasteiger partial charge < -0.3 is 0 Å². The van der Waals surface area contributed by atoms with Crippen LogP contribution in [-0.2, 0) is 4.79 Å². The van der Waals surface area contributed by atoms with Gasteiger partial charge >= 0.3 is 0 Å². The van der Waals surface area contributed by atoms with Gasteiger partial charge in [0.2, 0.25) is 0 Å². The lowest BCUT2D eigenvalue weighted by Gasteiger charge is -2.04. The number of hydrogen-bond acceptors (Lipinski definition) is 1. The largest absolute Gasteiger partial charge is 0.299 e. The van der Waals surface area contributed by atoms with Gasteiger partial charge in [-0.05, 0) is 6.42 Å². The zero-order chi connectivity index (χ0) is 7.28. The fourth-order valence-corrected chi connectivity index (χ4v) is 0.942. The highest BCUT2D eigenvalue weighted by Crippen LogP contribution is 2.07. The third kappa shape index (κ3) is 3.28. The van der Waals surface area contributed by atoms with Crippen LogP contribution in [0.3, 0.4) is 0 Å². The van der Waals surface area contributed by atoms with Gasteiger partial charge in [-0.2, -0.15) is 0 Å². The normalized spacial score (nSPS) is 13.2. The lowest BCUT2D eigenvalue weighted by Crippen LogP contribution is -2.08. The van der Waals surface area contributed by atoms with Crippen LogP contribution in [0.2, 0.25) is 0 Å². The predicted molar refractivity (Wildman–Crippen MR) is 39.4 cm³/mol. The van der Waals surface area contributed by atoms with Crippen LogP contribution in [0.25, 0.3) is 0 Å². The summed E-state index contributed by atoms with van der Waals surface area (Å²) in [6.07, 6.45) is 2.86. The Kier molecular flexibility index (Phi) is 4.37. The molecule has 0 fully saturated rings. The molecule has 0 unspecified atom stereocenters. The van der Waals surface area contributed by atoms with Crippen LogP contribution in [0.1, 0.15) is 40.0 Å². The molecular formula is C8H16O. The predicted octanol–water partition coefficient (Wildman–Crippen LogP) is 2.40. The summed E-state index contributed by atoms with van der Waals surface area (Å²) < 4.78 is 0. The van der Waals surface area contributed by atoms with Crippen LogP contribution in [-0.4, -0.2) is 5.78 Å². The van der Waals surface area contributed by atoms with Gasteiger partial charge in [0.1, 0.15) is 5.78 Å². The van der Waals surface area contributed by atoms with Crippen LogP contribution >= 0.6 is 0 Å². The first-order valence-corrected chi connectivity index (χ1v) is 3.75. The van der Waals surface area contributed by atoms with E-state index < -0.39 is 0 Å². The van der Waals surface area contributed by atoms with Crippen molar-refractivity contribution in [1.29, 1.82) is 0 Å². The van der Waals surface area contributed by atoms with Crippen LogP contribution in [0.4, 0.5) is 0 Å². The first-order valence-electron chi connectivity index (χ1n) is 3.75. The Morgan fingerprint density at radius 2 is 2.00 bits per heavy atom. The van der Waals surface area contributed by atoms with Gasteiger partial charge in [-0.25, -0.2) is 0 Å². The molecule has 1 heteroatoms. The topological polar surface area (TPSA) is 17.1 Å². The van der Waals surface area contributed by atoms with Gasteiger partial charge in [0.15, 0.2) is 0 Å². The van der Waals surface area contributed by atoms with Gasteiger partial charge in [0.05, 0.1) is 0 Å². The van der Waals surface area contributed by atoms with Crippen LogP contribution in [0.15, 0.2) is 0 Å². The number of carbonyl (C=O) groups excluding carboxylic acids is 1. The smallest absolute Gasteiger partial charge is 0.135 e. The van der Waals surface area contributed by atoms with E-state index in [2.05, 4.69) is 6.92 Å². The fourth-order valence-electron chi connectivity index (χ4n) is 0.942. The van der Waals surface area contributed by atoms with Crippen molar-refractivity contribution in [1.82, 2.24) is 0 Å². The van der Waals surface area contributed by atoms with E-state index in [-0.39, 0.29) is 0 Å². The first-order chi connectivity index (χ1) is 4.22. The molecule has 54 valence electrons. The Balaban J connectivity index is 3.45. The average molecular weight is 128 g/mol. The average Bonchev–Trinajstić information content (AvgIpc) is 1.87. The number of rotatable bonds is 4. The maximum atomic E-state index is 10.9. The van der Waals surface area contributed by atoms with Crippen molar-refractivity contribution in [2.45, 2.75) is 40.0 Å². The molecule has 9 heavy (non-hydrogen) atoms. The Hall–Kier alpha value is -0.330. The van der Waals surface area contributed by atoms with E-state index >= 15 is 0 Å². The molecule has 0 N–H and O–H groups in total. The van der Waals surface area contributed by atoms with Gasteiger partial charge in [-0.3, -0.25) is 4.79 Å². The molecule has 0 aliphatic rings. The van der Waals surface area contributed by atoms with Crippen molar-refractivity contribution in [2.24, 2.45) is 5.92 Å². The molecule has 0 spiro atoms. The number of Topliss-reactive ketones (excluding diaryl/α,β-unsaturated/α-hetero) is 1. The van der Waals surface area contributed by atoms with Crippen molar-refractivity contribution in [2.75, 3.05) is 0 Å². The number of ketones is 1. The van der Waals surface area contributed by atoms with E-state index in [0.717, 1.165) is 12.8 Å². The molecule has 0 aromatic heterocycles. The minimum Gasteiger partial charge on any atom is -0.299 e. The summed E-state index contributed by atoms with van der Waals surface area (Å²) in [4.78, 5) is 10.9. The summed E-state index contributed by atoms with van der Waals surface area (Å²) in [5, 5.41) is 0. The summed E-state index contributed by atoms with van der Waals surface area (Å²) in [6.45, 7) is 6.04. The summed E-state index contributed by atoms with van der Waals surface area (Å²) in [6, 6.07) is 0. The quantitative estimate of drug-likeness (QED) is 0.568. The third-order valence-electron chi connectivity index (χ3n) is 1.62. The Bertz CT molecular complexity index is 86.6. The zero-order valence-electron chi connectivity index (χ0n) is 6.61. The highest BCUT2D eigenvalue weighted by Gasteiger charge is 2.07. The van der Waals surface area contributed by atoms with E-state index in [1.54, 1.807) is 0 Å². The van der Waals surface area contributed by atoms with Crippen molar-refractivity contribution >= 4 is 5.78 Å². The van der Waals surface area contributed by atoms with Crippen molar-refractivity contribution in [3.63, 3.8) is 0 Å². The Morgan fingerprint density at radius 1 is 1.44 bits per heavy atom. The van der Waals surface area contributed by atoms with Crippen LogP contribution in [0, 0.1) is 5.92 Å². The Morgan fingerprint density at radius 3 is 2.33 bits per heavy atom. The lowest BCUT2D eigenvalue weighted by molar-refractivity contribution is -0.122.